The Balaban J connectivity index is 1.73. The number of nitrogens with zero attached hydrogens (tertiary/aromatic N) is 3. The zero-order valence-corrected chi connectivity index (χ0v) is 14.8. The molecule has 136 valence electrons. The highest BCUT2D eigenvalue weighted by Gasteiger charge is 2.15. The van der Waals surface area contributed by atoms with Crippen LogP contribution in [0.25, 0.3) is 33.3 Å². The lowest BCUT2D eigenvalue weighted by molar-refractivity contribution is -0.137. The molecule has 0 fully saturated rings. The molecular weight excluding hydrogens is 344 g/mol. The standard InChI is InChI=1S/C20H18N4O3/c1-24-11-14(15-10-16-20(23-15)22-8-7-21-16)13-9-12(5-6-17(13)24)18(25)3-2-4-19(26)27/h5-11H,2-4H2,1H3,(H,22,23)(H,26,27). The zero-order chi connectivity index (χ0) is 19.0. The van der Waals surface area contributed by atoms with Crippen LogP contribution in [0.5, 0.6) is 0 Å². The van der Waals surface area contributed by atoms with E-state index in [2.05, 4.69) is 15.0 Å². The van der Waals surface area contributed by atoms with E-state index in [9.17, 15) is 9.59 Å². The Kier molecular flexibility index (Phi) is 4.19. The van der Waals surface area contributed by atoms with Gasteiger partial charge in [0.1, 0.15) is 5.52 Å². The molecule has 0 spiro atoms. The van der Waals surface area contributed by atoms with Gasteiger partial charge in [-0.3, -0.25) is 14.6 Å². The highest BCUT2D eigenvalue weighted by atomic mass is 16.4. The molecule has 0 unspecified atom stereocenters. The number of ketones is 1. The Morgan fingerprint density at radius 1 is 1.15 bits per heavy atom. The van der Waals surface area contributed by atoms with Gasteiger partial charge in [0.05, 0.1) is 5.69 Å². The summed E-state index contributed by atoms with van der Waals surface area (Å²) in [6.07, 6.45) is 5.86. The molecule has 2 N–H and O–H groups in total. The quantitative estimate of drug-likeness (QED) is 0.511. The minimum atomic E-state index is -0.885. The average Bonchev–Trinajstić information content (AvgIpc) is 3.22. The third-order valence-electron chi connectivity index (χ3n) is 4.66. The van der Waals surface area contributed by atoms with Crippen molar-refractivity contribution in [2.24, 2.45) is 7.05 Å². The highest BCUT2D eigenvalue weighted by Crippen LogP contribution is 2.32. The maximum Gasteiger partial charge on any atom is 0.303 e. The second-order valence-corrected chi connectivity index (χ2v) is 6.53. The van der Waals surface area contributed by atoms with Gasteiger partial charge < -0.3 is 14.7 Å². The van der Waals surface area contributed by atoms with E-state index in [4.69, 9.17) is 5.11 Å². The zero-order valence-electron chi connectivity index (χ0n) is 14.8. The van der Waals surface area contributed by atoms with E-state index < -0.39 is 5.97 Å². The Morgan fingerprint density at radius 2 is 1.96 bits per heavy atom. The predicted octanol–water partition coefficient (Wildman–Crippen LogP) is 3.55. The highest BCUT2D eigenvalue weighted by molar-refractivity contribution is 6.04. The summed E-state index contributed by atoms with van der Waals surface area (Å²) >= 11 is 0. The number of aliphatic carboxylic acids is 1. The lowest BCUT2D eigenvalue weighted by Gasteiger charge is -2.03. The first-order chi connectivity index (χ1) is 13.0. The number of hydrogen-bond donors (Lipinski definition) is 2. The van der Waals surface area contributed by atoms with E-state index in [0.717, 1.165) is 27.7 Å². The van der Waals surface area contributed by atoms with Gasteiger partial charge >= 0.3 is 5.97 Å². The van der Waals surface area contributed by atoms with Crippen molar-refractivity contribution >= 4 is 33.8 Å². The molecule has 0 radical (unpaired) electrons. The van der Waals surface area contributed by atoms with Crippen molar-refractivity contribution < 1.29 is 14.7 Å². The summed E-state index contributed by atoms with van der Waals surface area (Å²) in [4.78, 5) is 34.9. The number of nitrogens with one attached hydrogen (secondary N) is 1. The van der Waals surface area contributed by atoms with Gasteiger partial charge in [-0.15, -0.1) is 0 Å². The van der Waals surface area contributed by atoms with Crippen LogP contribution < -0.4 is 0 Å². The molecule has 0 amide bonds. The van der Waals surface area contributed by atoms with E-state index in [-0.39, 0.29) is 18.6 Å². The number of carboxylic acid groups (broad SMARTS) is 1. The van der Waals surface area contributed by atoms with E-state index >= 15 is 0 Å². The van der Waals surface area contributed by atoms with Gasteiger partial charge in [-0.25, -0.2) is 4.98 Å². The van der Waals surface area contributed by atoms with Crippen LogP contribution >= 0.6 is 0 Å². The largest absolute Gasteiger partial charge is 0.481 e. The molecular formula is C20H18N4O3. The van der Waals surface area contributed by atoms with Gasteiger partial charge in [-0.2, -0.15) is 0 Å². The fourth-order valence-electron chi connectivity index (χ4n) is 3.32. The van der Waals surface area contributed by atoms with Crippen molar-refractivity contribution in [2.45, 2.75) is 19.3 Å². The molecule has 3 heterocycles. The van der Waals surface area contributed by atoms with Crippen LogP contribution in [0.1, 0.15) is 29.6 Å². The maximum atomic E-state index is 12.4. The molecule has 3 aromatic heterocycles. The van der Waals surface area contributed by atoms with Crippen LogP contribution in [0.2, 0.25) is 0 Å². The van der Waals surface area contributed by atoms with Crippen LogP contribution in [0.3, 0.4) is 0 Å². The lowest BCUT2D eigenvalue weighted by Crippen LogP contribution is -2.01. The van der Waals surface area contributed by atoms with Gasteiger partial charge in [-0.05, 0) is 30.7 Å². The Hall–Kier alpha value is -3.48. The van der Waals surface area contributed by atoms with Crippen LogP contribution in [-0.4, -0.2) is 36.4 Å². The summed E-state index contributed by atoms with van der Waals surface area (Å²) < 4.78 is 2.01. The maximum absolute atomic E-state index is 12.4. The summed E-state index contributed by atoms with van der Waals surface area (Å²) in [5, 5.41) is 9.69. The van der Waals surface area contributed by atoms with E-state index in [1.807, 2.05) is 36.0 Å². The molecule has 4 rings (SSSR count). The van der Waals surface area contributed by atoms with Crippen molar-refractivity contribution in [1.29, 1.82) is 0 Å². The number of aryl methyl sites for hydroxylation is 1. The minimum Gasteiger partial charge on any atom is -0.481 e. The second kappa shape index (κ2) is 6.68. The topological polar surface area (TPSA) is 101 Å². The van der Waals surface area contributed by atoms with Crippen molar-refractivity contribution in [1.82, 2.24) is 19.5 Å². The van der Waals surface area contributed by atoms with Gasteiger partial charge in [0.25, 0.3) is 0 Å². The molecule has 7 nitrogen and oxygen atoms in total. The number of Topliss-reactive ketones (excluding diaryl/α,β-unsaturated/α-hetero) is 1. The minimum absolute atomic E-state index is 0.000361. The van der Waals surface area contributed by atoms with Crippen molar-refractivity contribution in [3.63, 3.8) is 0 Å². The van der Waals surface area contributed by atoms with Gasteiger partial charge in [-0.1, -0.05) is 0 Å². The summed E-state index contributed by atoms with van der Waals surface area (Å²) in [6, 6.07) is 7.53. The first-order valence-corrected chi connectivity index (χ1v) is 8.67. The van der Waals surface area contributed by atoms with Gasteiger partial charge in [0, 0.05) is 60.5 Å². The first-order valence-electron chi connectivity index (χ1n) is 8.67. The fraction of sp³-hybridized carbons (Fsp3) is 0.200. The van der Waals surface area contributed by atoms with Crippen LogP contribution in [-0.2, 0) is 11.8 Å². The van der Waals surface area contributed by atoms with E-state index in [0.29, 0.717) is 17.6 Å². The normalized spacial score (nSPS) is 11.3. The van der Waals surface area contributed by atoms with Crippen LogP contribution in [0, 0.1) is 0 Å². The Labute approximate surface area is 154 Å². The smallest absolute Gasteiger partial charge is 0.303 e. The summed E-state index contributed by atoms with van der Waals surface area (Å²) in [5.41, 5.74) is 4.94. The molecule has 27 heavy (non-hydrogen) atoms. The number of aromatic nitrogens is 4. The van der Waals surface area contributed by atoms with Crippen LogP contribution in [0.15, 0.2) is 42.9 Å². The number of carboxylic acids is 1. The monoisotopic (exact) mass is 362 g/mol. The number of fused-ring (bicyclic) bond motifs is 2. The molecule has 0 aliphatic heterocycles. The lowest BCUT2D eigenvalue weighted by atomic mass is 10.0. The van der Waals surface area contributed by atoms with Crippen molar-refractivity contribution in [3.8, 4) is 11.3 Å². The van der Waals surface area contributed by atoms with E-state index in [1.165, 1.54) is 0 Å². The first kappa shape index (κ1) is 17.0. The van der Waals surface area contributed by atoms with Crippen molar-refractivity contribution in [2.75, 3.05) is 0 Å². The Bertz CT molecular complexity index is 1140. The number of rotatable bonds is 6. The Morgan fingerprint density at radius 3 is 2.74 bits per heavy atom. The predicted molar refractivity (Wildman–Crippen MR) is 102 cm³/mol. The number of aromatic amines is 1. The molecule has 0 saturated carbocycles. The third-order valence-corrected chi connectivity index (χ3v) is 4.66. The number of carbonyl (C=O) groups is 2. The summed E-state index contributed by atoms with van der Waals surface area (Å²) in [7, 11) is 1.96. The van der Waals surface area contributed by atoms with Gasteiger partial charge in [0.15, 0.2) is 11.4 Å². The number of H-pyrrole nitrogens is 1. The molecule has 1 aromatic carbocycles. The molecule has 4 aromatic rings. The number of benzene rings is 1. The summed E-state index contributed by atoms with van der Waals surface area (Å²) in [5.74, 6) is -0.933. The SMILES string of the molecule is Cn1cc(-c2cc3nccnc3[nH]2)c2cc(C(=O)CCCC(=O)O)ccc21. The van der Waals surface area contributed by atoms with Crippen LogP contribution in [0.4, 0.5) is 0 Å². The molecule has 0 bridgehead atoms. The fourth-order valence-corrected chi connectivity index (χ4v) is 3.32. The molecule has 0 atom stereocenters. The second-order valence-electron chi connectivity index (χ2n) is 6.53. The molecule has 0 aliphatic rings. The van der Waals surface area contributed by atoms with E-state index in [1.54, 1.807) is 18.5 Å². The number of carbonyl (C=O) groups excluding carboxylic acids is 1. The molecule has 0 aliphatic carbocycles. The number of hydrogen-bond acceptors (Lipinski definition) is 4. The third kappa shape index (κ3) is 3.19. The average molecular weight is 362 g/mol. The summed E-state index contributed by atoms with van der Waals surface area (Å²) in [6.45, 7) is 0. The molecule has 0 saturated heterocycles. The molecule has 7 heteroatoms. The van der Waals surface area contributed by atoms with Gasteiger partial charge in [0.2, 0.25) is 0 Å². The van der Waals surface area contributed by atoms with Crippen molar-refractivity contribution in [3.05, 3.63) is 48.4 Å².